The molecule has 112 valence electrons. The van der Waals surface area contributed by atoms with Crippen LogP contribution in [0.2, 0.25) is 0 Å². The van der Waals surface area contributed by atoms with Gasteiger partial charge in [-0.1, -0.05) is 30.3 Å². The zero-order valence-electron chi connectivity index (χ0n) is 13.0. The molecule has 2 aromatic rings. The van der Waals surface area contributed by atoms with Crippen LogP contribution in [0.1, 0.15) is 55.7 Å². The lowest BCUT2D eigenvalue weighted by Gasteiger charge is -2.31. The Labute approximate surface area is 127 Å². The summed E-state index contributed by atoms with van der Waals surface area (Å²) in [6.45, 7) is 2.24. The molecule has 1 aliphatic rings. The Balaban J connectivity index is 1.52. The fraction of sp³-hybridized carbons (Fsp3) is 0.500. The monoisotopic (exact) mass is 283 g/mol. The maximum Gasteiger partial charge on any atom is 0.0537 e. The second kappa shape index (κ2) is 6.44. The summed E-state index contributed by atoms with van der Waals surface area (Å²) < 4.78 is 1.87. The third-order valence-corrected chi connectivity index (χ3v) is 4.71. The summed E-state index contributed by atoms with van der Waals surface area (Å²) in [4.78, 5) is 0. The zero-order valence-corrected chi connectivity index (χ0v) is 13.0. The van der Waals surface area contributed by atoms with Gasteiger partial charge >= 0.3 is 0 Å². The van der Waals surface area contributed by atoms with Crippen LogP contribution >= 0.6 is 0 Å². The van der Waals surface area contributed by atoms with Crippen molar-refractivity contribution in [2.45, 2.75) is 50.6 Å². The number of aromatic nitrogens is 2. The number of rotatable bonds is 4. The Hall–Kier alpha value is -1.61. The van der Waals surface area contributed by atoms with Crippen LogP contribution in [0.15, 0.2) is 42.7 Å². The van der Waals surface area contributed by atoms with Crippen LogP contribution in [-0.2, 0) is 7.05 Å². The number of nitrogens with zero attached hydrogens (tertiary/aromatic N) is 2. The molecule has 3 rings (SSSR count). The van der Waals surface area contributed by atoms with Crippen LogP contribution in [0.3, 0.4) is 0 Å². The molecule has 0 radical (unpaired) electrons. The van der Waals surface area contributed by atoms with Gasteiger partial charge in [-0.3, -0.25) is 4.68 Å². The van der Waals surface area contributed by atoms with E-state index in [0.717, 1.165) is 5.92 Å². The van der Waals surface area contributed by atoms with E-state index in [2.05, 4.69) is 53.9 Å². The highest BCUT2D eigenvalue weighted by Crippen LogP contribution is 2.33. The molecule has 0 aliphatic heterocycles. The third kappa shape index (κ3) is 3.53. The smallest absolute Gasteiger partial charge is 0.0537 e. The molecule has 1 heterocycles. The molecule has 1 saturated carbocycles. The quantitative estimate of drug-likeness (QED) is 0.925. The Bertz CT molecular complexity index is 553. The SMILES string of the molecule is CC(NC1CCC(c2ccccc2)CC1)c1cnn(C)c1. The molecule has 0 bridgehead atoms. The zero-order chi connectivity index (χ0) is 14.7. The van der Waals surface area contributed by atoms with Crippen molar-refractivity contribution < 1.29 is 0 Å². The van der Waals surface area contributed by atoms with E-state index >= 15 is 0 Å². The normalized spacial score (nSPS) is 23.9. The van der Waals surface area contributed by atoms with Gasteiger partial charge in [-0.15, -0.1) is 0 Å². The van der Waals surface area contributed by atoms with E-state index in [4.69, 9.17) is 0 Å². The average Bonchev–Trinajstić information content (AvgIpc) is 2.96. The van der Waals surface area contributed by atoms with Crippen LogP contribution in [0.25, 0.3) is 0 Å². The van der Waals surface area contributed by atoms with Crippen LogP contribution in [0.5, 0.6) is 0 Å². The number of hydrogen-bond donors (Lipinski definition) is 1. The van der Waals surface area contributed by atoms with Crippen molar-refractivity contribution in [2.75, 3.05) is 0 Å². The molecule has 21 heavy (non-hydrogen) atoms. The molecular weight excluding hydrogens is 258 g/mol. The van der Waals surface area contributed by atoms with Crippen molar-refractivity contribution in [3.8, 4) is 0 Å². The molecule has 1 atom stereocenters. The van der Waals surface area contributed by atoms with Gasteiger partial charge in [0.05, 0.1) is 6.20 Å². The van der Waals surface area contributed by atoms with E-state index in [9.17, 15) is 0 Å². The van der Waals surface area contributed by atoms with Crippen LogP contribution in [0, 0.1) is 0 Å². The predicted molar refractivity (Wildman–Crippen MR) is 86.2 cm³/mol. The van der Waals surface area contributed by atoms with Gasteiger partial charge in [0, 0.05) is 30.9 Å². The van der Waals surface area contributed by atoms with E-state index < -0.39 is 0 Å². The van der Waals surface area contributed by atoms with Crippen molar-refractivity contribution in [3.05, 3.63) is 53.9 Å². The summed E-state index contributed by atoms with van der Waals surface area (Å²) in [5, 5.41) is 8.03. The van der Waals surface area contributed by atoms with Gasteiger partial charge in [-0.05, 0) is 44.1 Å². The van der Waals surface area contributed by atoms with Gasteiger partial charge in [0.15, 0.2) is 0 Å². The maximum absolute atomic E-state index is 4.26. The summed E-state index contributed by atoms with van der Waals surface area (Å²) >= 11 is 0. The molecule has 1 fully saturated rings. The van der Waals surface area contributed by atoms with Crippen LogP contribution in [0.4, 0.5) is 0 Å². The lowest BCUT2D eigenvalue weighted by Crippen LogP contribution is -2.34. The first-order valence-corrected chi connectivity index (χ1v) is 8.02. The molecule has 0 saturated heterocycles. The first-order valence-electron chi connectivity index (χ1n) is 8.02. The van der Waals surface area contributed by atoms with Crippen LogP contribution in [-0.4, -0.2) is 15.8 Å². The first kappa shape index (κ1) is 14.3. The largest absolute Gasteiger partial charge is 0.307 e. The Morgan fingerprint density at radius 2 is 1.86 bits per heavy atom. The van der Waals surface area contributed by atoms with Crippen molar-refractivity contribution in [3.63, 3.8) is 0 Å². The van der Waals surface area contributed by atoms with Crippen molar-refractivity contribution >= 4 is 0 Å². The summed E-state index contributed by atoms with van der Waals surface area (Å²) in [7, 11) is 1.97. The van der Waals surface area contributed by atoms with Crippen molar-refractivity contribution in [1.82, 2.24) is 15.1 Å². The third-order valence-electron chi connectivity index (χ3n) is 4.71. The predicted octanol–water partition coefficient (Wildman–Crippen LogP) is 3.80. The molecule has 0 amide bonds. The standard InChI is InChI=1S/C18H25N3/c1-14(17-12-19-21(2)13-17)20-18-10-8-16(9-11-18)15-6-4-3-5-7-15/h3-7,12-14,16,18,20H,8-11H2,1-2H3. The van der Waals surface area contributed by atoms with E-state index in [0.29, 0.717) is 12.1 Å². The fourth-order valence-corrected chi connectivity index (χ4v) is 3.43. The molecule has 1 aromatic carbocycles. The summed E-state index contributed by atoms with van der Waals surface area (Å²) in [5.74, 6) is 0.748. The highest BCUT2D eigenvalue weighted by Gasteiger charge is 2.23. The molecule has 0 spiro atoms. The lowest BCUT2D eigenvalue weighted by molar-refractivity contribution is 0.322. The van der Waals surface area contributed by atoms with E-state index in [1.54, 1.807) is 0 Å². The van der Waals surface area contributed by atoms with Gasteiger partial charge in [0.1, 0.15) is 0 Å². The minimum atomic E-state index is 0.386. The highest BCUT2D eigenvalue weighted by molar-refractivity contribution is 5.20. The second-order valence-electron chi connectivity index (χ2n) is 6.29. The molecular formula is C18H25N3. The van der Waals surface area contributed by atoms with E-state index in [1.165, 1.54) is 36.8 Å². The minimum absolute atomic E-state index is 0.386. The number of nitrogens with one attached hydrogen (secondary N) is 1. The van der Waals surface area contributed by atoms with Crippen molar-refractivity contribution in [1.29, 1.82) is 0 Å². The Kier molecular flexibility index (Phi) is 4.39. The molecule has 1 aromatic heterocycles. The minimum Gasteiger partial charge on any atom is -0.307 e. The van der Waals surface area contributed by atoms with Gasteiger partial charge < -0.3 is 5.32 Å². The number of hydrogen-bond acceptors (Lipinski definition) is 2. The van der Waals surface area contributed by atoms with E-state index in [1.807, 2.05) is 17.9 Å². The molecule has 3 heteroatoms. The van der Waals surface area contributed by atoms with Gasteiger partial charge in [-0.25, -0.2) is 0 Å². The first-order chi connectivity index (χ1) is 10.2. The van der Waals surface area contributed by atoms with Gasteiger partial charge in [0.2, 0.25) is 0 Å². The molecule has 1 unspecified atom stereocenters. The summed E-state index contributed by atoms with van der Waals surface area (Å²) in [6.07, 6.45) is 9.19. The number of aryl methyl sites for hydroxylation is 1. The van der Waals surface area contributed by atoms with E-state index in [-0.39, 0.29) is 0 Å². The van der Waals surface area contributed by atoms with Crippen LogP contribution < -0.4 is 5.32 Å². The molecule has 3 nitrogen and oxygen atoms in total. The fourth-order valence-electron chi connectivity index (χ4n) is 3.43. The average molecular weight is 283 g/mol. The summed E-state index contributed by atoms with van der Waals surface area (Å²) in [6, 6.07) is 12.0. The Morgan fingerprint density at radius 1 is 1.14 bits per heavy atom. The molecule has 1 N–H and O–H groups in total. The lowest BCUT2D eigenvalue weighted by atomic mass is 9.81. The highest BCUT2D eigenvalue weighted by atomic mass is 15.2. The maximum atomic E-state index is 4.26. The topological polar surface area (TPSA) is 29.9 Å². The summed E-state index contributed by atoms with van der Waals surface area (Å²) in [5.41, 5.74) is 2.79. The van der Waals surface area contributed by atoms with Gasteiger partial charge in [-0.2, -0.15) is 5.10 Å². The van der Waals surface area contributed by atoms with Crippen molar-refractivity contribution in [2.24, 2.45) is 7.05 Å². The second-order valence-corrected chi connectivity index (χ2v) is 6.29. The van der Waals surface area contributed by atoms with Gasteiger partial charge in [0.25, 0.3) is 0 Å². The molecule has 1 aliphatic carbocycles. The number of benzene rings is 1. The Morgan fingerprint density at radius 3 is 2.48 bits per heavy atom.